The number of benzene rings is 1. The van der Waals surface area contributed by atoms with Crippen LogP contribution in [0.4, 0.5) is 4.79 Å². The molecule has 26 heavy (non-hydrogen) atoms. The van der Waals surface area contributed by atoms with Gasteiger partial charge in [0.2, 0.25) is 12.7 Å². The first-order valence-electron chi connectivity index (χ1n) is 8.09. The number of nitrogens with zero attached hydrogens (tertiary/aromatic N) is 2. The van der Waals surface area contributed by atoms with Crippen LogP contribution in [0.2, 0.25) is 0 Å². The molecule has 2 heterocycles. The van der Waals surface area contributed by atoms with E-state index < -0.39 is 23.4 Å². The monoisotopic (exact) mass is 358 g/mol. The first-order valence-corrected chi connectivity index (χ1v) is 8.09. The van der Waals surface area contributed by atoms with Gasteiger partial charge in [0, 0.05) is 13.0 Å². The first kappa shape index (κ1) is 17.5. The second-order valence-electron chi connectivity index (χ2n) is 6.28. The van der Waals surface area contributed by atoms with Crippen LogP contribution in [0.25, 0.3) is 0 Å². The highest BCUT2D eigenvalue weighted by Gasteiger charge is 2.48. The third kappa shape index (κ3) is 3.39. The van der Waals surface area contributed by atoms with Gasteiger partial charge in [0.05, 0.1) is 12.5 Å². The molecule has 1 saturated heterocycles. The van der Waals surface area contributed by atoms with Gasteiger partial charge in [-0.1, -0.05) is 6.07 Å². The van der Waals surface area contributed by atoms with Crippen molar-refractivity contribution in [2.75, 3.05) is 19.9 Å². The first-order chi connectivity index (χ1) is 12.4. The lowest BCUT2D eigenvalue weighted by Gasteiger charge is -2.21. The van der Waals surface area contributed by atoms with Crippen molar-refractivity contribution in [3.8, 4) is 17.6 Å². The van der Waals surface area contributed by atoms with Crippen LogP contribution < -0.4 is 20.1 Å². The maximum Gasteiger partial charge on any atom is 0.325 e. The predicted octanol–water partition coefficient (Wildman–Crippen LogP) is 0.298. The minimum absolute atomic E-state index is 0.153. The lowest BCUT2D eigenvalue weighted by atomic mass is 9.92. The summed E-state index contributed by atoms with van der Waals surface area (Å²) in [5.41, 5.74) is -0.358. The third-order valence-electron chi connectivity index (χ3n) is 4.20. The minimum atomic E-state index is -1.16. The van der Waals surface area contributed by atoms with E-state index in [1.165, 1.54) is 0 Å². The fourth-order valence-electron chi connectivity index (χ4n) is 2.93. The SMILES string of the molecule is C[C@@]1(Cc2ccc3c(c2)OCO3)NC(=O)N(CC(=O)NCCC#N)C1=O. The Morgan fingerprint density at radius 2 is 2.15 bits per heavy atom. The Hall–Kier alpha value is -3.28. The zero-order valence-electron chi connectivity index (χ0n) is 14.2. The van der Waals surface area contributed by atoms with Crippen molar-refractivity contribution < 1.29 is 23.9 Å². The summed E-state index contributed by atoms with van der Waals surface area (Å²) in [4.78, 5) is 37.6. The Labute approximate surface area is 149 Å². The van der Waals surface area contributed by atoms with E-state index in [9.17, 15) is 14.4 Å². The normalized spacial score (nSPS) is 20.7. The topological polar surface area (TPSA) is 121 Å². The molecule has 136 valence electrons. The summed E-state index contributed by atoms with van der Waals surface area (Å²) in [5, 5.41) is 13.6. The van der Waals surface area contributed by atoms with Gasteiger partial charge in [-0.2, -0.15) is 5.26 Å². The maximum atomic E-state index is 12.7. The number of carbonyl (C=O) groups excluding carboxylic acids is 3. The molecule has 1 atom stereocenters. The number of hydrogen-bond acceptors (Lipinski definition) is 6. The lowest BCUT2D eigenvalue weighted by Crippen LogP contribution is -2.46. The highest BCUT2D eigenvalue weighted by molar-refractivity contribution is 6.08. The van der Waals surface area contributed by atoms with E-state index in [2.05, 4.69) is 10.6 Å². The van der Waals surface area contributed by atoms with Crippen molar-refractivity contribution in [1.29, 1.82) is 5.26 Å². The highest BCUT2D eigenvalue weighted by Crippen LogP contribution is 2.34. The van der Waals surface area contributed by atoms with Gasteiger partial charge in [0.25, 0.3) is 5.91 Å². The summed E-state index contributed by atoms with van der Waals surface area (Å²) >= 11 is 0. The summed E-state index contributed by atoms with van der Waals surface area (Å²) in [6.45, 7) is 1.56. The maximum absolute atomic E-state index is 12.7. The standard InChI is InChI=1S/C17H18N4O5/c1-17(8-11-3-4-12-13(7-11)26-10-25-12)15(23)21(16(24)20-17)9-14(22)19-6-2-5-18/h3-4,7H,2,6,8-10H2,1H3,(H,19,22)(H,20,24)/t17-/m0/s1. The molecule has 1 fully saturated rings. The van der Waals surface area contributed by atoms with Crippen LogP contribution in [0.3, 0.4) is 0 Å². The quantitative estimate of drug-likeness (QED) is 0.557. The Morgan fingerprint density at radius 1 is 1.38 bits per heavy atom. The fourth-order valence-corrected chi connectivity index (χ4v) is 2.93. The Bertz CT molecular complexity index is 803. The van der Waals surface area contributed by atoms with E-state index in [1.54, 1.807) is 25.1 Å². The smallest absolute Gasteiger partial charge is 0.325 e. The summed E-state index contributed by atoms with van der Waals surface area (Å²) in [5.74, 6) is 0.264. The Morgan fingerprint density at radius 3 is 2.92 bits per heavy atom. The molecule has 0 aromatic heterocycles. The summed E-state index contributed by atoms with van der Waals surface area (Å²) in [7, 11) is 0. The van der Waals surface area contributed by atoms with E-state index in [1.807, 2.05) is 6.07 Å². The largest absolute Gasteiger partial charge is 0.454 e. The molecule has 0 bridgehead atoms. The molecule has 1 aromatic rings. The van der Waals surface area contributed by atoms with Gasteiger partial charge < -0.3 is 20.1 Å². The molecule has 9 nitrogen and oxygen atoms in total. The van der Waals surface area contributed by atoms with Crippen LogP contribution in [0.5, 0.6) is 11.5 Å². The number of carbonyl (C=O) groups is 3. The number of hydrogen-bond donors (Lipinski definition) is 2. The summed E-state index contributed by atoms with van der Waals surface area (Å²) < 4.78 is 10.6. The van der Waals surface area contributed by atoms with E-state index in [-0.39, 0.29) is 32.7 Å². The fraction of sp³-hybridized carbons (Fsp3) is 0.412. The van der Waals surface area contributed by atoms with Crippen molar-refractivity contribution in [2.24, 2.45) is 0 Å². The molecule has 2 N–H and O–H groups in total. The predicted molar refractivity (Wildman–Crippen MR) is 88.2 cm³/mol. The van der Waals surface area contributed by atoms with Gasteiger partial charge in [0.15, 0.2) is 11.5 Å². The van der Waals surface area contributed by atoms with Crippen LogP contribution in [0, 0.1) is 11.3 Å². The highest BCUT2D eigenvalue weighted by atomic mass is 16.7. The van der Waals surface area contributed by atoms with E-state index in [0.29, 0.717) is 11.5 Å². The van der Waals surface area contributed by atoms with Gasteiger partial charge >= 0.3 is 6.03 Å². The molecule has 9 heteroatoms. The molecule has 0 radical (unpaired) electrons. The van der Waals surface area contributed by atoms with Gasteiger partial charge in [-0.05, 0) is 24.6 Å². The zero-order chi connectivity index (χ0) is 18.7. The van der Waals surface area contributed by atoms with Crippen molar-refractivity contribution in [2.45, 2.75) is 25.3 Å². The molecule has 3 rings (SSSR count). The second-order valence-corrected chi connectivity index (χ2v) is 6.28. The zero-order valence-corrected chi connectivity index (χ0v) is 14.2. The summed E-state index contributed by atoms with van der Waals surface area (Å²) in [6, 6.07) is 6.60. The number of rotatable bonds is 6. The molecule has 0 spiro atoms. The minimum Gasteiger partial charge on any atom is -0.454 e. The molecule has 1 aromatic carbocycles. The number of fused-ring (bicyclic) bond motifs is 1. The molecule has 0 unspecified atom stereocenters. The molecular formula is C17H18N4O5. The lowest BCUT2D eigenvalue weighted by molar-refractivity contribution is -0.134. The Kier molecular flexibility index (Phi) is 4.67. The van der Waals surface area contributed by atoms with Crippen LogP contribution in [0.15, 0.2) is 18.2 Å². The van der Waals surface area contributed by atoms with Gasteiger partial charge in [-0.15, -0.1) is 0 Å². The van der Waals surface area contributed by atoms with Crippen molar-refractivity contribution in [3.05, 3.63) is 23.8 Å². The average molecular weight is 358 g/mol. The van der Waals surface area contributed by atoms with Gasteiger partial charge in [-0.3, -0.25) is 14.5 Å². The van der Waals surface area contributed by atoms with Crippen molar-refractivity contribution in [1.82, 2.24) is 15.5 Å². The number of ether oxygens (including phenoxy) is 2. The number of nitrogens with one attached hydrogen (secondary N) is 2. The summed E-state index contributed by atoms with van der Waals surface area (Å²) in [6.07, 6.45) is 0.411. The molecule has 4 amide bonds. The molecule has 2 aliphatic rings. The van der Waals surface area contributed by atoms with Gasteiger partial charge in [0.1, 0.15) is 12.1 Å². The Balaban J connectivity index is 1.67. The van der Waals surface area contributed by atoms with Crippen molar-refractivity contribution >= 4 is 17.8 Å². The third-order valence-corrected chi connectivity index (χ3v) is 4.20. The second kappa shape index (κ2) is 6.92. The number of urea groups is 1. The van der Waals surface area contributed by atoms with E-state index in [4.69, 9.17) is 14.7 Å². The average Bonchev–Trinajstić information content (AvgIpc) is 3.13. The van der Waals surface area contributed by atoms with E-state index >= 15 is 0 Å². The van der Waals surface area contributed by atoms with Crippen LogP contribution in [-0.4, -0.2) is 48.2 Å². The van der Waals surface area contributed by atoms with E-state index in [0.717, 1.165) is 10.5 Å². The van der Waals surface area contributed by atoms with Crippen LogP contribution in [-0.2, 0) is 16.0 Å². The van der Waals surface area contributed by atoms with Gasteiger partial charge in [-0.25, -0.2) is 4.79 Å². The van der Waals surface area contributed by atoms with Crippen LogP contribution in [0.1, 0.15) is 18.9 Å². The molecule has 0 aliphatic carbocycles. The number of amides is 4. The number of nitriles is 1. The molecule has 2 aliphatic heterocycles. The van der Waals surface area contributed by atoms with Crippen molar-refractivity contribution in [3.63, 3.8) is 0 Å². The van der Waals surface area contributed by atoms with Crippen LogP contribution >= 0.6 is 0 Å². The molecular weight excluding hydrogens is 340 g/mol. The number of imide groups is 1. The molecule has 0 saturated carbocycles.